The lowest BCUT2D eigenvalue weighted by atomic mass is 9.83. The number of methoxy groups -OCH3 is 1. The van der Waals surface area contributed by atoms with Crippen molar-refractivity contribution in [2.24, 2.45) is 5.92 Å². The first kappa shape index (κ1) is 14.4. The maximum Gasteiger partial charge on any atom is 0.118 e. The van der Waals surface area contributed by atoms with Gasteiger partial charge in [-0.3, -0.25) is 0 Å². The Hall–Kier alpha value is -1.06. The van der Waals surface area contributed by atoms with E-state index in [1.54, 1.807) is 7.11 Å². The van der Waals surface area contributed by atoms with Crippen LogP contribution in [0.4, 0.5) is 0 Å². The first-order valence-corrected chi connectivity index (χ1v) is 7.14. The van der Waals surface area contributed by atoms with E-state index >= 15 is 0 Å². The van der Waals surface area contributed by atoms with Gasteiger partial charge in [0.05, 0.1) is 13.2 Å². The minimum atomic E-state index is -0.577. The average Bonchev–Trinajstić information content (AvgIpc) is 2.40. The molecular weight excluding hydrogens is 240 g/mol. The number of benzene rings is 1. The lowest BCUT2D eigenvalue weighted by Crippen LogP contribution is -2.21. The van der Waals surface area contributed by atoms with Gasteiger partial charge in [-0.1, -0.05) is 31.4 Å². The maximum absolute atomic E-state index is 10.2. The van der Waals surface area contributed by atoms with Crippen LogP contribution in [0, 0.1) is 5.92 Å². The molecule has 1 aromatic rings. The van der Waals surface area contributed by atoms with Crippen LogP contribution < -0.4 is 4.74 Å². The summed E-state index contributed by atoms with van der Waals surface area (Å²) in [7, 11) is 1.64. The number of hydrogen-bond donors (Lipinski definition) is 1. The second-order valence-corrected chi connectivity index (χ2v) is 5.38. The topological polar surface area (TPSA) is 38.7 Å². The summed E-state index contributed by atoms with van der Waals surface area (Å²) in [5, 5.41) is 10.2. The number of ether oxygens (including phenoxy) is 2. The Morgan fingerprint density at radius 1 is 1.26 bits per heavy atom. The van der Waals surface area contributed by atoms with Gasteiger partial charge in [0.25, 0.3) is 0 Å². The highest BCUT2D eigenvalue weighted by atomic mass is 16.5. The van der Waals surface area contributed by atoms with Gasteiger partial charge in [0.2, 0.25) is 0 Å². The van der Waals surface area contributed by atoms with Gasteiger partial charge in [-0.15, -0.1) is 0 Å². The molecule has 2 rings (SSSR count). The Balaban J connectivity index is 1.77. The molecular formula is C16H24O3. The lowest BCUT2D eigenvalue weighted by Gasteiger charge is -2.26. The van der Waals surface area contributed by atoms with Crippen LogP contribution in [-0.2, 0) is 4.74 Å². The lowest BCUT2D eigenvalue weighted by molar-refractivity contribution is -0.0344. The summed E-state index contributed by atoms with van der Waals surface area (Å²) in [6.07, 6.45) is 4.44. The standard InChI is InChI=1S/C16H24O3/c1-12(19-11-10-13-4-3-5-13)16(17)14-6-8-15(18-2)9-7-14/h6-9,12-13,16-17H,3-5,10-11H2,1-2H3. The molecule has 0 bridgehead atoms. The third-order valence-electron chi connectivity index (χ3n) is 4.03. The fraction of sp³-hybridized carbons (Fsp3) is 0.625. The van der Waals surface area contributed by atoms with Gasteiger partial charge in [-0.05, 0) is 37.0 Å². The molecule has 1 fully saturated rings. The molecule has 2 unspecified atom stereocenters. The summed E-state index contributed by atoms with van der Waals surface area (Å²) >= 11 is 0. The van der Waals surface area contributed by atoms with Crippen LogP contribution in [0.15, 0.2) is 24.3 Å². The van der Waals surface area contributed by atoms with Crippen molar-refractivity contribution >= 4 is 0 Å². The van der Waals surface area contributed by atoms with E-state index in [1.807, 2.05) is 31.2 Å². The van der Waals surface area contributed by atoms with Crippen molar-refractivity contribution in [1.29, 1.82) is 0 Å². The number of aliphatic hydroxyl groups is 1. The number of hydrogen-bond acceptors (Lipinski definition) is 3. The molecule has 1 aliphatic carbocycles. The van der Waals surface area contributed by atoms with Gasteiger partial charge in [-0.25, -0.2) is 0 Å². The summed E-state index contributed by atoms with van der Waals surface area (Å²) < 4.78 is 10.8. The minimum Gasteiger partial charge on any atom is -0.497 e. The van der Waals surface area contributed by atoms with Crippen LogP contribution in [0.2, 0.25) is 0 Å². The van der Waals surface area contributed by atoms with Crippen LogP contribution in [-0.4, -0.2) is 24.9 Å². The van der Waals surface area contributed by atoms with Crippen molar-refractivity contribution in [3.8, 4) is 5.75 Å². The molecule has 0 spiro atoms. The molecule has 0 amide bonds. The summed E-state index contributed by atoms with van der Waals surface area (Å²) in [4.78, 5) is 0. The molecule has 106 valence electrons. The largest absolute Gasteiger partial charge is 0.497 e. The second kappa shape index (κ2) is 6.92. The van der Waals surface area contributed by atoms with E-state index in [0.717, 1.165) is 30.3 Å². The smallest absolute Gasteiger partial charge is 0.118 e. The normalized spacial score (nSPS) is 18.7. The molecule has 1 aromatic carbocycles. The Labute approximate surface area is 115 Å². The third-order valence-corrected chi connectivity index (χ3v) is 4.03. The summed E-state index contributed by atoms with van der Waals surface area (Å²) in [6, 6.07) is 7.49. The fourth-order valence-electron chi connectivity index (χ4n) is 2.37. The Bertz CT molecular complexity index is 370. The first-order valence-electron chi connectivity index (χ1n) is 7.14. The fourth-order valence-corrected chi connectivity index (χ4v) is 2.37. The molecule has 1 N–H and O–H groups in total. The van der Waals surface area contributed by atoms with E-state index in [0.29, 0.717) is 0 Å². The van der Waals surface area contributed by atoms with Crippen LogP contribution in [0.1, 0.15) is 44.3 Å². The van der Waals surface area contributed by atoms with Gasteiger partial charge in [0.1, 0.15) is 11.9 Å². The molecule has 2 atom stereocenters. The van der Waals surface area contributed by atoms with Crippen LogP contribution >= 0.6 is 0 Å². The van der Waals surface area contributed by atoms with Crippen molar-refractivity contribution in [3.63, 3.8) is 0 Å². The van der Waals surface area contributed by atoms with E-state index < -0.39 is 6.10 Å². The van der Waals surface area contributed by atoms with Crippen molar-refractivity contribution in [2.45, 2.75) is 44.8 Å². The van der Waals surface area contributed by atoms with Gasteiger partial charge in [0, 0.05) is 6.61 Å². The summed E-state index contributed by atoms with van der Waals surface area (Å²) in [5.41, 5.74) is 0.872. The monoisotopic (exact) mass is 264 g/mol. The molecule has 3 heteroatoms. The predicted molar refractivity (Wildman–Crippen MR) is 75.3 cm³/mol. The molecule has 19 heavy (non-hydrogen) atoms. The van der Waals surface area contributed by atoms with Crippen LogP contribution in [0.25, 0.3) is 0 Å². The Morgan fingerprint density at radius 2 is 1.95 bits per heavy atom. The van der Waals surface area contributed by atoms with Crippen molar-refractivity contribution in [2.75, 3.05) is 13.7 Å². The molecule has 0 saturated heterocycles. The molecule has 1 saturated carbocycles. The Kier molecular flexibility index (Phi) is 5.23. The zero-order chi connectivity index (χ0) is 13.7. The predicted octanol–water partition coefficient (Wildman–Crippen LogP) is 3.32. The van der Waals surface area contributed by atoms with E-state index in [4.69, 9.17) is 9.47 Å². The van der Waals surface area contributed by atoms with Crippen molar-refractivity contribution in [1.82, 2.24) is 0 Å². The second-order valence-electron chi connectivity index (χ2n) is 5.38. The SMILES string of the molecule is COc1ccc(C(O)C(C)OCCC2CCC2)cc1. The molecule has 0 radical (unpaired) electrons. The molecule has 1 aliphatic rings. The quantitative estimate of drug-likeness (QED) is 0.821. The van der Waals surface area contributed by atoms with E-state index in [1.165, 1.54) is 19.3 Å². The highest BCUT2D eigenvalue weighted by Crippen LogP contribution is 2.29. The molecule has 0 heterocycles. The third kappa shape index (κ3) is 3.95. The van der Waals surface area contributed by atoms with Crippen molar-refractivity contribution < 1.29 is 14.6 Å². The number of rotatable bonds is 7. The minimum absolute atomic E-state index is 0.173. The van der Waals surface area contributed by atoms with E-state index in [2.05, 4.69) is 0 Å². The summed E-state index contributed by atoms with van der Waals surface area (Å²) in [6.45, 7) is 2.68. The van der Waals surface area contributed by atoms with Gasteiger partial charge in [-0.2, -0.15) is 0 Å². The first-order chi connectivity index (χ1) is 9.20. The van der Waals surface area contributed by atoms with Gasteiger partial charge < -0.3 is 14.6 Å². The van der Waals surface area contributed by atoms with Gasteiger partial charge in [0.15, 0.2) is 0 Å². The molecule has 3 nitrogen and oxygen atoms in total. The Morgan fingerprint density at radius 3 is 2.47 bits per heavy atom. The van der Waals surface area contributed by atoms with Crippen LogP contribution in [0.5, 0.6) is 5.75 Å². The highest BCUT2D eigenvalue weighted by molar-refractivity contribution is 5.28. The zero-order valence-electron chi connectivity index (χ0n) is 11.8. The highest BCUT2D eigenvalue weighted by Gasteiger charge is 2.20. The zero-order valence-corrected chi connectivity index (χ0v) is 11.8. The molecule has 0 aromatic heterocycles. The maximum atomic E-state index is 10.2. The average molecular weight is 264 g/mol. The van der Waals surface area contributed by atoms with Crippen molar-refractivity contribution in [3.05, 3.63) is 29.8 Å². The van der Waals surface area contributed by atoms with E-state index in [-0.39, 0.29) is 6.10 Å². The van der Waals surface area contributed by atoms with E-state index in [9.17, 15) is 5.11 Å². The molecule has 0 aliphatic heterocycles. The number of aliphatic hydroxyl groups excluding tert-OH is 1. The van der Waals surface area contributed by atoms with Crippen LogP contribution in [0.3, 0.4) is 0 Å². The summed E-state index contributed by atoms with van der Waals surface area (Å²) in [5.74, 6) is 1.65. The van der Waals surface area contributed by atoms with Gasteiger partial charge >= 0.3 is 0 Å².